The van der Waals surface area contributed by atoms with E-state index in [0.717, 1.165) is 12.8 Å². The molecule has 1 aromatic rings. The van der Waals surface area contributed by atoms with Gasteiger partial charge in [0.05, 0.1) is 6.10 Å². The summed E-state index contributed by atoms with van der Waals surface area (Å²) in [7, 11) is -2.09. The second-order valence-electron chi connectivity index (χ2n) is 4.63. The van der Waals surface area contributed by atoms with E-state index < -0.39 is 15.9 Å². The van der Waals surface area contributed by atoms with Gasteiger partial charge in [0.2, 0.25) is 10.0 Å². The maximum absolute atomic E-state index is 12.1. The maximum Gasteiger partial charge on any atom is 0.281 e. The Kier molecular flexibility index (Phi) is 4.43. The number of hydrogen-bond donors (Lipinski definition) is 3. The predicted octanol–water partition coefficient (Wildman–Crippen LogP) is -0.914. The molecular formula is C11H18N4O4S. The Morgan fingerprint density at radius 3 is 2.95 bits per heavy atom. The van der Waals surface area contributed by atoms with Gasteiger partial charge in [-0.05, 0) is 18.9 Å². The van der Waals surface area contributed by atoms with Gasteiger partial charge in [-0.1, -0.05) is 0 Å². The van der Waals surface area contributed by atoms with Crippen molar-refractivity contribution in [3.63, 3.8) is 0 Å². The number of carbonyl (C=O) groups excluding carboxylic acids is 1. The lowest BCUT2D eigenvalue weighted by molar-refractivity contribution is 0.0945. The zero-order chi connectivity index (χ0) is 14.8. The van der Waals surface area contributed by atoms with E-state index in [2.05, 4.69) is 4.72 Å². The van der Waals surface area contributed by atoms with Gasteiger partial charge in [-0.25, -0.2) is 19.0 Å². The summed E-state index contributed by atoms with van der Waals surface area (Å²) in [6.45, 7) is 0.897. The van der Waals surface area contributed by atoms with Gasteiger partial charge in [0.15, 0.2) is 0 Å². The quantitative estimate of drug-likeness (QED) is 0.370. The van der Waals surface area contributed by atoms with Crippen LogP contribution in [-0.2, 0) is 21.8 Å². The average molecular weight is 302 g/mol. The van der Waals surface area contributed by atoms with Crippen LogP contribution in [0.3, 0.4) is 0 Å². The van der Waals surface area contributed by atoms with Crippen molar-refractivity contribution in [2.45, 2.75) is 23.8 Å². The number of nitrogen functional groups attached to an aromatic ring is 1. The molecule has 1 amide bonds. The number of aryl methyl sites for hydroxylation is 1. The van der Waals surface area contributed by atoms with Crippen LogP contribution in [0.2, 0.25) is 0 Å². The number of nitrogens with zero attached hydrogens (tertiary/aromatic N) is 1. The van der Waals surface area contributed by atoms with Gasteiger partial charge in [0.1, 0.15) is 10.6 Å². The molecule has 112 valence electrons. The van der Waals surface area contributed by atoms with Crippen LogP contribution in [0, 0.1) is 0 Å². The van der Waals surface area contributed by atoms with Crippen LogP contribution >= 0.6 is 0 Å². The molecule has 0 aromatic carbocycles. The molecule has 1 fully saturated rings. The molecule has 4 N–H and O–H groups in total. The summed E-state index contributed by atoms with van der Waals surface area (Å²) in [6, 6.07) is 1.28. The van der Waals surface area contributed by atoms with E-state index >= 15 is 0 Å². The molecule has 8 nitrogen and oxygen atoms in total. The first-order valence-electron chi connectivity index (χ1n) is 6.22. The number of carbonyl (C=O) groups is 1. The summed E-state index contributed by atoms with van der Waals surface area (Å²) in [5.41, 5.74) is 2.14. The van der Waals surface area contributed by atoms with Crippen molar-refractivity contribution in [1.29, 1.82) is 0 Å². The van der Waals surface area contributed by atoms with Crippen LogP contribution < -0.4 is 16.0 Å². The van der Waals surface area contributed by atoms with Crippen molar-refractivity contribution in [2.75, 3.05) is 13.2 Å². The first-order chi connectivity index (χ1) is 9.44. The number of sulfonamides is 1. The third-order valence-corrected chi connectivity index (χ3v) is 4.57. The summed E-state index contributed by atoms with van der Waals surface area (Å²) in [4.78, 5) is 11.5. The highest BCUT2D eigenvalue weighted by Gasteiger charge is 2.23. The fourth-order valence-corrected chi connectivity index (χ4v) is 3.21. The second kappa shape index (κ2) is 5.92. The molecule has 2 heterocycles. The van der Waals surface area contributed by atoms with E-state index in [1.807, 2.05) is 5.43 Å². The van der Waals surface area contributed by atoms with Crippen molar-refractivity contribution in [2.24, 2.45) is 12.9 Å². The third kappa shape index (κ3) is 3.18. The number of hydrogen-bond acceptors (Lipinski definition) is 5. The molecule has 1 aliphatic rings. The minimum atomic E-state index is -3.66. The van der Waals surface area contributed by atoms with Crippen LogP contribution in [0.25, 0.3) is 0 Å². The van der Waals surface area contributed by atoms with Gasteiger partial charge in [-0.2, -0.15) is 0 Å². The number of nitrogens with two attached hydrogens (primary N) is 1. The summed E-state index contributed by atoms with van der Waals surface area (Å²) in [5, 5.41) is 0. The predicted molar refractivity (Wildman–Crippen MR) is 71.2 cm³/mol. The maximum atomic E-state index is 12.1. The minimum Gasteiger partial charge on any atom is -0.377 e. The molecule has 1 unspecified atom stereocenters. The Hall–Kier alpha value is -1.42. The Balaban J connectivity index is 2.10. The number of hydrazine groups is 1. The molecule has 1 aromatic heterocycles. The first-order valence-corrected chi connectivity index (χ1v) is 7.71. The Morgan fingerprint density at radius 1 is 1.60 bits per heavy atom. The van der Waals surface area contributed by atoms with E-state index in [9.17, 15) is 13.2 Å². The highest BCUT2D eigenvalue weighted by atomic mass is 32.2. The molecule has 20 heavy (non-hydrogen) atoms. The summed E-state index contributed by atoms with van der Waals surface area (Å²) >= 11 is 0. The van der Waals surface area contributed by atoms with Gasteiger partial charge >= 0.3 is 0 Å². The number of aromatic nitrogens is 1. The largest absolute Gasteiger partial charge is 0.377 e. The number of nitrogens with one attached hydrogen (secondary N) is 2. The number of ether oxygens (including phenoxy) is 1. The molecule has 0 saturated carbocycles. The molecule has 1 aliphatic heterocycles. The zero-order valence-electron chi connectivity index (χ0n) is 11.1. The molecule has 9 heteroatoms. The third-order valence-electron chi connectivity index (χ3n) is 3.18. The topological polar surface area (TPSA) is 115 Å². The van der Waals surface area contributed by atoms with Crippen molar-refractivity contribution in [3.05, 3.63) is 18.0 Å². The molecule has 2 rings (SSSR count). The van der Waals surface area contributed by atoms with Gasteiger partial charge in [-0.3, -0.25) is 10.2 Å². The first kappa shape index (κ1) is 15.0. The lowest BCUT2D eigenvalue weighted by Gasteiger charge is -2.10. The highest BCUT2D eigenvalue weighted by Crippen LogP contribution is 2.15. The van der Waals surface area contributed by atoms with Crippen molar-refractivity contribution in [1.82, 2.24) is 14.7 Å². The Morgan fingerprint density at radius 2 is 2.35 bits per heavy atom. The Bertz CT molecular complexity index is 590. The van der Waals surface area contributed by atoms with Gasteiger partial charge in [0, 0.05) is 26.4 Å². The monoisotopic (exact) mass is 302 g/mol. The second-order valence-corrected chi connectivity index (χ2v) is 6.40. The lowest BCUT2D eigenvalue weighted by Crippen LogP contribution is -2.32. The van der Waals surface area contributed by atoms with Crippen molar-refractivity contribution in [3.8, 4) is 0 Å². The van der Waals surface area contributed by atoms with Crippen LogP contribution in [0.15, 0.2) is 17.2 Å². The van der Waals surface area contributed by atoms with E-state index in [0.29, 0.717) is 6.61 Å². The van der Waals surface area contributed by atoms with Crippen molar-refractivity contribution < 1.29 is 17.9 Å². The van der Waals surface area contributed by atoms with Crippen LogP contribution in [0.1, 0.15) is 23.3 Å². The number of amides is 1. The Labute approximate surface area is 117 Å². The van der Waals surface area contributed by atoms with Gasteiger partial charge in [-0.15, -0.1) is 0 Å². The summed E-state index contributed by atoms with van der Waals surface area (Å²) in [5.74, 6) is 4.49. The van der Waals surface area contributed by atoms with Crippen LogP contribution in [0.4, 0.5) is 0 Å². The lowest BCUT2D eigenvalue weighted by atomic mass is 10.2. The summed E-state index contributed by atoms with van der Waals surface area (Å²) < 4.78 is 33.5. The zero-order valence-corrected chi connectivity index (χ0v) is 11.9. The summed E-state index contributed by atoms with van der Waals surface area (Å²) in [6.07, 6.45) is 3.07. The molecule has 1 atom stereocenters. The van der Waals surface area contributed by atoms with Gasteiger partial charge in [0.25, 0.3) is 5.91 Å². The molecule has 1 saturated heterocycles. The molecule has 0 radical (unpaired) electrons. The molecular weight excluding hydrogens is 284 g/mol. The smallest absolute Gasteiger partial charge is 0.281 e. The minimum absolute atomic E-state index is 0.0246. The molecule has 0 bridgehead atoms. The normalized spacial score (nSPS) is 19.2. The molecule has 0 aliphatic carbocycles. The van der Waals surface area contributed by atoms with E-state index in [4.69, 9.17) is 10.6 Å². The molecule has 0 spiro atoms. The van der Waals surface area contributed by atoms with Crippen LogP contribution in [-0.4, -0.2) is 38.1 Å². The van der Waals surface area contributed by atoms with Gasteiger partial charge < -0.3 is 9.30 Å². The van der Waals surface area contributed by atoms with E-state index in [-0.39, 0.29) is 23.2 Å². The van der Waals surface area contributed by atoms with E-state index in [1.165, 1.54) is 16.8 Å². The van der Waals surface area contributed by atoms with Crippen LogP contribution in [0.5, 0.6) is 0 Å². The fourth-order valence-electron chi connectivity index (χ4n) is 2.07. The average Bonchev–Trinajstić information content (AvgIpc) is 3.05. The van der Waals surface area contributed by atoms with Crippen molar-refractivity contribution >= 4 is 15.9 Å². The van der Waals surface area contributed by atoms with E-state index in [1.54, 1.807) is 7.05 Å². The fraction of sp³-hybridized carbons (Fsp3) is 0.545. The highest BCUT2D eigenvalue weighted by molar-refractivity contribution is 7.89. The SMILES string of the molecule is Cn1cc(S(=O)(=O)NCC2CCCO2)cc1C(=O)NN. The standard InChI is InChI=1S/C11H18N4O4S/c1-15-7-9(5-10(15)11(16)14-12)20(17,18)13-6-8-3-2-4-19-8/h5,7-8,13H,2-4,6,12H2,1H3,(H,14,16). The number of rotatable bonds is 5.